The van der Waals surface area contributed by atoms with Gasteiger partial charge in [-0.2, -0.15) is 0 Å². The number of halogens is 2. The van der Waals surface area contributed by atoms with E-state index in [1.54, 1.807) is 42.6 Å². The van der Waals surface area contributed by atoms with Crippen LogP contribution in [0.1, 0.15) is 22.3 Å². The van der Waals surface area contributed by atoms with E-state index < -0.39 is 0 Å². The highest BCUT2D eigenvalue weighted by atomic mass is 35.5. The normalized spacial score (nSPS) is 14.0. The Balaban J connectivity index is 1.32. The Bertz CT molecular complexity index is 1120. The van der Waals surface area contributed by atoms with Crippen molar-refractivity contribution in [3.8, 4) is 0 Å². The average molecular weight is 467 g/mol. The summed E-state index contributed by atoms with van der Waals surface area (Å²) in [5.41, 5.74) is 1.92. The van der Waals surface area contributed by atoms with E-state index in [2.05, 4.69) is 15.2 Å². The number of carbonyl (C=O) groups excluding carboxylic acids is 2. The molecule has 0 radical (unpaired) electrons. The molecule has 0 aliphatic carbocycles. The van der Waals surface area contributed by atoms with Crippen LogP contribution in [0.3, 0.4) is 0 Å². The molecule has 8 heteroatoms. The minimum absolute atomic E-state index is 0.0217. The van der Waals surface area contributed by atoms with E-state index in [0.717, 1.165) is 24.3 Å². The first-order valence-corrected chi connectivity index (χ1v) is 11.2. The van der Waals surface area contributed by atoms with Crippen molar-refractivity contribution < 1.29 is 14.0 Å². The van der Waals surface area contributed by atoms with Gasteiger partial charge in [0, 0.05) is 36.8 Å². The molecule has 1 N–H and O–H groups in total. The minimum Gasteiger partial charge on any atom is -0.355 e. The van der Waals surface area contributed by atoms with E-state index in [9.17, 15) is 14.0 Å². The first kappa shape index (κ1) is 22.7. The molecule has 3 aromatic rings. The van der Waals surface area contributed by atoms with E-state index in [-0.39, 0.29) is 24.1 Å². The molecule has 0 atom stereocenters. The van der Waals surface area contributed by atoms with Gasteiger partial charge in [0.1, 0.15) is 11.6 Å². The highest BCUT2D eigenvalue weighted by Gasteiger charge is 2.21. The maximum atomic E-state index is 13.0. The number of amides is 2. The number of benzene rings is 2. The number of nitrogens with one attached hydrogen (secondary N) is 1. The van der Waals surface area contributed by atoms with Crippen LogP contribution < -0.4 is 10.2 Å². The van der Waals surface area contributed by atoms with Crippen molar-refractivity contribution in [2.45, 2.75) is 12.8 Å². The Morgan fingerprint density at radius 1 is 1.00 bits per heavy atom. The number of hydrogen-bond acceptors (Lipinski definition) is 4. The summed E-state index contributed by atoms with van der Waals surface area (Å²) in [5, 5.41) is 3.36. The summed E-state index contributed by atoms with van der Waals surface area (Å²) in [6.07, 6.45) is 2.60. The third-order valence-electron chi connectivity index (χ3n) is 5.49. The van der Waals surface area contributed by atoms with Crippen LogP contribution in [0.15, 0.2) is 66.9 Å². The third kappa shape index (κ3) is 6.08. The molecule has 4 rings (SSSR count). The van der Waals surface area contributed by atoms with Gasteiger partial charge in [0.15, 0.2) is 0 Å². The van der Waals surface area contributed by atoms with Crippen molar-refractivity contribution in [2.24, 2.45) is 0 Å². The zero-order valence-corrected chi connectivity index (χ0v) is 18.8. The largest absolute Gasteiger partial charge is 0.355 e. The van der Waals surface area contributed by atoms with Crippen molar-refractivity contribution in [1.29, 1.82) is 0 Å². The zero-order chi connectivity index (χ0) is 23.2. The summed E-state index contributed by atoms with van der Waals surface area (Å²) in [6.45, 7) is 2.70. The van der Waals surface area contributed by atoms with E-state index in [1.807, 2.05) is 17.0 Å². The second kappa shape index (κ2) is 10.4. The molecule has 1 aliphatic heterocycles. The van der Waals surface area contributed by atoms with Gasteiger partial charge in [0.25, 0.3) is 5.91 Å². The molecule has 6 nitrogen and oxygen atoms in total. The highest BCUT2D eigenvalue weighted by molar-refractivity contribution is 6.30. The van der Waals surface area contributed by atoms with E-state index in [1.165, 1.54) is 12.1 Å². The lowest BCUT2D eigenvalue weighted by Crippen LogP contribution is -2.35. The molecule has 2 heterocycles. The van der Waals surface area contributed by atoms with Crippen molar-refractivity contribution in [1.82, 2.24) is 9.88 Å². The quantitative estimate of drug-likeness (QED) is 0.605. The Kier molecular flexibility index (Phi) is 7.19. The Labute approximate surface area is 197 Å². The maximum Gasteiger partial charge on any atom is 0.253 e. The predicted octanol–water partition coefficient (Wildman–Crippen LogP) is 4.41. The summed E-state index contributed by atoms with van der Waals surface area (Å²) < 4.78 is 13.0. The van der Waals surface area contributed by atoms with Crippen LogP contribution in [0, 0.1) is 5.82 Å². The second-order valence-corrected chi connectivity index (χ2v) is 8.34. The predicted molar refractivity (Wildman–Crippen MR) is 127 cm³/mol. The smallest absolute Gasteiger partial charge is 0.253 e. The molecule has 1 saturated heterocycles. The van der Waals surface area contributed by atoms with Gasteiger partial charge in [-0.1, -0.05) is 29.8 Å². The first-order chi connectivity index (χ1) is 16.0. The van der Waals surface area contributed by atoms with E-state index in [0.29, 0.717) is 35.9 Å². The molecule has 1 aliphatic rings. The molecule has 33 heavy (non-hydrogen) atoms. The van der Waals surface area contributed by atoms with Gasteiger partial charge in [0.2, 0.25) is 5.91 Å². The van der Waals surface area contributed by atoms with Crippen LogP contribution in [-0.2, 0) is 11.2 Å². The summed E-state index contributed by atoms with van der Waals surface area (Å²) in [4.78, 5) is 33.5. The molecule has 170 valence electrons. The van der Waals surface area contributed by atoms with E-state index >= 15 is 0 Å². The number of hydrogen-bond donors (Lipinski definition) is 1. The third-order valence-corrected chi connectivity index (χ3v) is 5.72. The van der Waals surface area contributed by atoms with Crippen LogP contribution in [0.5, 0.6) is 0 Å². The van der Waals surface area contributed by atoms with Crippen molar-refractivity contribution in [3.63, 3.8) is 0 Å². The number of nitrogens with zero attached hydrogens (tertiary/aromatic N) is 3. The molecule has 1 aromatic heterocycles. The van der Waals surface area contributed by atoms with Crippen LogP contribution in [0.2, 0.25) is 5.02 Å². The Morgan fingerprint density at radius 2 is 1.82 bits per heavy atom. The number of anilines is 2. The molecule has 2 aromatic carbocycles. The Morgan fingerprint density at radius 3 is 2.55 bits per heavy atom. The standard InChI is InChI=1S/C25H24ClFN4O2/c26-20-4-1-3-19(16-20)25(33)31-12-2-11-30(13-14-31)23-10-9-22(17-28-23)29-24(32)15-18-5-7-21(27)8-6-18/h1,3-10,16-17H,2,11-15H2,(H,29,32). The molecule has 0 spiro atoms. The van der Waals surface area contributed by atoms with Crippen LogP contribution in [0.4, 0.5) is 15.9 Å². The monoisotopic (exact) mass is 466 g/mol. The summed E-state index contributed by atoms with van der Waals surface area (Å²) in [7, 11) is 0. The van der Waals surface area contributed by atoms with Crippen molar-refractivity contribution in [2.75, 3.05) is 36.4 Å². The zero-order valence-electron chi connectivity index (χ0n) is 18.0. The molecular weight excluding hydrogens is 443 g/mol. The fourth-order valence-electron chi connectivity index (χ4n) is 3.79. The van der Waals surface area contributed by atoms with Gasteiger partial charge < -0.3 is 15.1 Å². The van der Waals surface area contributed by atoms with Gasteiger partial charge in [-0.3, -0.25) is 9.59 Å². The maximum absolute atomic E-state index is 13.0. The van der Waals surface area contributed by atoms with Gasteiger partial charge in [-0.05, 0) is 54.4 Å². The summed E-state index contributed by atoms with van der Waals surface area (Å²) >= 11 is 6.03. The number of aromatic nitrogens is 1. The molecule has 2 amide bonds. The number of carbonyl (C=O) groups is 2. The van der Waals surface area contributed by atoms with Gasteiger partial charge in [-0.15, -0.1) is 0 Å². The lowest BCUT2D eigenvalue weighted by Gasteiger charge is -2.23. The topological polar surface area (TPSA) is 65.5 Å². The lowest BCUT2D eigenvalue weighted by atomic mass is 10.1. The Hall–Kier alpha value is -3.45. The van der Waals surface area contributed by atoms with Gasteiger partial charge in [0.05, 0.1) is 18.3 Å². The first-order valence-electron chi connectivity index (χ1n) is 10.8. The van der Waals surface area contributed by atoms with Gasteiger partial charge >= 0.3 is 0 Å². The highest BCUT2D eigenvalue weighted by Crippen LogP contribution is 2.19. The molecule has 0 bridgehead atoms. The van der Waals surface area contributed by atoms with E-state index in [4.69, 9.17) is 11.6 Å². The summed E-state index contributed by atoms with van der Waals surface area (Å²) in [5.74, 6) is 0.251. The fraction of sp³-hybridized carbons (Fsp3) is 0.240. The summed E-state index contributed by atoms with van der Waals surface area (Å²) in [6, 6.07) is 16.5. The lowest BCUT2D eigenvalue weighted by molar-refractivity contribution is -0.115. The average Bonchev–Trinajstić information content (AvgIpc) is 3.07. The van der Waals surface area contributed by atoms with Crippen molar-refractivity contribution in [3.05, 3.63) is 88.8 Å². The minimum atomic E-state index is -0.329. The van der Waals surface area contributed by atoms with Crippen LogP contribution in [0.25, 0.3) is 0 Å². The van der Waals surface area contributed by atoms with Gasteiger partial charge in [-0.25, -0.2) is 9.37 Å². The molecule has 0 saturated carbocycles. The van der Waals surface area contributed by atoms with Crippen LogP contribution >= 0.6 is 11.6 Å². The molecule has 1 fully saturated rings. The molecular formula is C25H24ClFN4O2. The number of pyridine rings is 1. The second-order valence-electron chi connectivity index (χ2n) is 7.90. The van der Waals surface area contributed by atoms with Crippen molar-refractivity contribution >= 4 is 34.9 Å². The molecule has 0 unspecified atom stereocenters. The SMILES string of the molecule is O=C(Cc1ccc(F)cc1)Nc1ccc(N2CCCN(C(=O)c3cccc(Cl)c3)CC2)nc1. The fourth-order valence-corrected chi connectivity index (χ4v) is 3.98. The number of rotatable bonds is 5. The van der Waals surface area contributed by atoms with Crippen LogP contribution in [-0.4, -0.2) is 47.9 Å².